The maximum absolute atomic E-state index is 5.48. The van der Waals surface area contributed by atoms with Crippen LogP contribution in [-0.4, -0.2) is 9.97 Å². The SMILES string of the molecule is Nc1ncc(Cl)c(N)n1. The number of hydrogen-bond donors (Lipinski definition) is 2. The highest BCUT2D eigenvalue weighted by Gasteiger charge is 1.95. The Morgan fingerprint density at radius 2 is 2.11 bits per heavy atom. The lowest BCUT2D eigenvalue weighted by Crippen LogP contribution is -1.98. The normalized spacial score (nSPS) is 9.44. The van der Waals surface area contributed by atoms with Crippen molar-refractivity contribution in [1.82, 2.24) is 9.97 Å². The molecule has 4 nitrogen and oxygen atoms in total. The predicted molar refractivity (Wildman–Crippen MR) is 35.9 cm³/mol. The molecule has 0 fully saturated rings. The Morgan fingerprint density at radius 1 is 1.44 bits per heavy atom. The first kappa shape index (κ1) is 6.10. The first-order chi connectivity index (χ1) is 4.20. The molecule has 1 heterocycles. The number of nitrogens with two attached hydrogens (primary N) is 2. The topological polar surface area (TPSA) is 77.8 Å². The van der Waals surface area contributed by atoms with Gasteiger partial charge in [0, 0.05) is 0 Å². The standard InChI is InChI=1S/C4H5ClN4/c5-2-1-8-4(7)9-3(2)6/h1H,(H4,6,7,8,9). The zero-order valence-corrected chi connectivity index (χ0v) is 5.26. The van der Waals surface area contributed by atoms with E-state index in [0.717, 1.165) is 0 Å². The molecule has 5 heteroatoms. The number of halogens is 1. The van der Waals surface area contributed by atoms with Gasteiger partial charge in [0.2, 0.25) is 5.95 Å². The van der Waals surface area contributed by atoms with Crippen LogP contribution >= 0.6 is 11.6 Å². The monoisotopic (exact) mass is 144 g/mol. The summed E-state index contributed by atoms with van der Waals surface area (Å²) in [6, 6.07) is 0. The molecule has 0 aliphatic rings. The molecule has 0 unspecified atom stereocenters. The van der Waals surface area contributed by atoms with Gasteiger partial charge in [0.25, 0.3) is 0 Å². The molecule has 1 rings (SSSR count). The van der Waals surface area contributed by atoms with E-state index in [1.54, 1.807) is 0 Å². The van der Waals surface area contributed by atoms with Gasteiger partial charge < -0.3 is 11.5 Å². The summed E-state index contributed by atoms with van der Waals surface area (Å²) in [5.74, 6) is 0.348. The number of nitrogen functional groups attached to an aromatic ring is 2. The highest BCUT2D eigenvalue weighted by molar-refractivity contribution is 6.32. The van der Waals surface area contributed by atoms with E-state index in [-0.39, 0.29) is 11.8 Å². The van der Waals surface area contributed by atoms with E-state index < -0.39 is 0 Å². The van der Waals surface area contributed by atoms with Gasteiger partial charge in [0.05, 0.1) is 6.20 Å². The first-order valence-corrected chi connectivity index (χ1v) is 2.61. The second-order valence-corrected chi connectivity index (χ2v) is 1.87. The van der Waals surface area contributed by atoms with Gasteiger partial charge in [-0.25, -0.2) is 4.98 Å². The molecular weight excluding hydrogens is 140 g/mol. The molecule has 0 atom stereocenters. The number of anilines is 2. The van der Waals surface area contributed by atoms with Crippen LogP contribution in [0.15, 0.2) is 6.20 Å². The molecular formula is C4H5ClN4. The van der Waals surface area contributed by atoms with Gasteiger partial charge in [-0.15, -0.1) is 0 Å². The van der Waals surface area contributed by atoms with Gasteiger partial charge in [0.1, 0.15) is 10.8 Å². The predicted octanol–water partition coefficient (Wildman–Crippen LogP) is 0.294. The fourth-order valence-electron chi connectivity index (χ4n) is 0.395. The van der Waals surface area contributed by atoms with Crippen molar-refractivity contribution >= 4 is 23.4 Å². The van der Waals surface area contributed by atoms with E-state index in [1.807, 2.05) is 0 Å². The van der Waals surface area contributed by atoms with Crippen LogP contribution in [0.3, 0.4) is 0 Å². The van der Waals surface area contributed by atoms with Crippen LogP contribution in [0.1, 0.15) is 0 Å². The number of rotatable bonds is 0. The van der Waals surface area contributed by atoms with Gasteiger partial charge in [-0.3, -0.25) is 0 Å². The van der Waals surface area contributed by atoms with Crippen LogP contribution in [0.2, 0.25) is 5.02 Å². The Hall–Kier alpha value is -1.03. The fraction of sp³-hybridized carbons (Fsp3) is 0. The Kier molecular flexibility index (Phi) is 1.40. The van der Waals surface area contributed by atoms with Crippen molar-refractivity contribution < 1.29 is 0 Å². The zero-order valence-electron chi connectivity index (χ0n) is 4.50. The Morgan fingerprint density at radius 3 is 2.56 bits per heavy atom. The third kappa shape index (κ3) is 1.20. The Bertz CT molecular complexity index is 224. The van der Waals surface area contributed by atoms with Crippen molar-refractivity contribution in [3.8, 4) is 0 Å². The highest BCUT2D eigenvalue weighted by atomic mass is 35.5. The van der Waals surface area contributed by atoms with E-state index in [4.69, 9.17) is 23.1 Å². The average Bonchev–Trinajstić information content (AvgIpc) is 1.80. The molecule has 0 bridgehead atoms. The van der Waals surface area contributed by atoms with E-state index in [2.05, 4.69) is 9.97 Å². The number of hydrogen-bond acceptors (Lipinski definition) is 4. The van der Waals surface area contributed by atoms with Crippen LogP contribution in [0.4, 0.5) is 11.8 Å². The largest absolute Gasteiger partial charge is 0.382 e. The van der Waals surface area contributed by atoms with Crippen molar-refractivity contribution in [1.29, 1.82) is 0 Å². The molecule has 1 aromatic heterocycles. The summed E-state index contributed by atoms with van der Waals surface area (Å²) in [5.41, 5.74) is 10.4. The molecule has 0 radical (unpaired) electrons. The lowest BCUT2D eigenvalue weighted by atomic mass is 10.6. The van der Waals surface area contributed by atoms with Crippen molar-refractivity contribution in [2.24, 2.45) is 0 Å². The smallest absolute Gasteiger partial charge is 0.222 e. The zero-order chi connectivity index (χ0) is 6.85. The molecule has 0 aromatic carbocycles. The summed E-state index contributed by atoms with van der Waals surface area (Å²) in [5, 5.41) is 0.323. The Balaban J connectivity index is 3.17. The molecule has 0 aliphatic heterocycles. The van der Waals surface area contributed by atoms with E-state index >= 15 is 0 Å². The third-order valence-corrected chi connectivity index (χ3v) is 1.08. The Labute approximate surface area is 56.9 Å². The summed E-state index contributed by atoms with van der Waals surface area (Å²) < 4.78 is 0. The molecule has 0 saturated carbocycles. The maximum atomic E-state index is 5.48. The van der Waals surface area contributed by atoms with Crippen LogP contribution < -0.4 is 11.5 Å². The lowest BCUT2D eigenvalue weighted by molar-refractivity contribution is 1.19. The van der Waals surface area contributed by atoms with Gasteiger partial charge in [0.15, 0.2) is 0 Å². The molecule has 1 aromatic rings. The minimum atomic E-state index is 0.136. The summed E-state index contributed by atoms with van der Waals surface area (Å²) >= 11 is 5.48. The molecule has 4 N–H and O–H groups in total. The van der Waals surface area contributed by atoms with Crippen molar-refractivity contribution in [3.63, 3.8) is 0 Å². The molecule has 0 aliphatic carbocycles. The minimum absolute atomic E-state index is 0.136. The van der Waals surface area contributed by atoms with E-state index in [9.17, 15) is 0 Å². The van der Waals surface area contributed by atoms with Gasteiger partial charge in [-0.1, -0.05) is 11.6 Å². The third-order valence-electron chi connectivity index (χ3n) is 0.790. The van der Waals surface area contributed by atoms with E-state index in [1.165, 1.54) is 6.20 Å². The quantitative estimate of drug-likeness (QED) is 0.549. The second-order valence-electron chi connectivity index (χ2n) is 1.46. The average molecular weight is 145 g/mol. The van der Waals surface area contributed by atoms with Gasteiger partial charge in [-0.2, -0.15) is 4.98 Å². The van der Waals surface area contributed by atoms with E-state index in [0.29, 0.717) is 5.02 Å². The maximum Gasteiger partial charge on any atom is 0.222 e. The molecule has 0 spiro atoms. The number of aromatic nitrogens is 2. The fourth-order valence-corrected chi connectivity index (χ4v) is 0.486. The minimum Gasteiger partial charge on any atom is -0.382 e. The molecule has 0 amide bonds. The molecule has 48 valence electrons. The van der Waals surface area contributed by atoms with Gasteiger partial charge in [-0.05, 0) is 0 Å². The first-order valence-electron chi connectivity index (χ1n) is 2.23. The lowest BCUT2D eigenvalue weighted by Gasteiger charge is -1.94. The second kappa shape index (κ2) is 2.06. The highest BCUT2D eigenvalue weighted by Crippen LogP contribution is 2.13. The summed E-state index contributed by atoms with van der Waals surface area (Å²) in [6.07, 6.45) is 1.36. The summed E-state index contributed by atoms with van der Waals surface area (Å²) in [6.45, 7) is 0. The summed E-state index contributed by atoms with van der Waals surface area (Å²) in [7, 11) is 0. The summed E-state index contributed by atoms with van der Waals surface area (Å²) in [4.78, 5) is 7.18. The van der Waals surface area contributed by atoms with Crippen LogP contribution in [0.5, 0.6) is 0 Å². The van der Waals surface area contributed by atoms with Gasteiger partial charge >= 0.3 is 0 Å². The van der Waals surface area contributed by atoms with Crippen molar-refractivity contribution in [2.75, 3.05) is 11.5 Å². The van der Waals surface area contributed by atoms with Crippen molar-refractivity contribution in [2.45, 2.75) is 0 Å². The van der Waals surface area contributed by atoms with Crippen LogP contribution in [0, 0.1) is 0 Å². The van der Waals surface area contributed by atoms with Crippen LogP contribution in [0.25, 0.3) is 0 Å². The van der Waals surface area contributed by atoms with Crippen molar-refractivity contribution in [3.05, 3.63) is 11.2 Å². The molecule has 0 saturated heterocycles. The number of nitrogens with zero attached hydrogens (tertiary/aromatic N) is 2. The van der Waals surface area contributed by atoms with Crippen LogP contribution in [-0.2, 0) is 0 Å². The molecule has 9 heavy (non-hydrogen) atoms.